The number of aliphatic hydroxyl groups is 1. The Morgan fingerprint density at radius 3 is 2.57 bits per heavy atom. The number of aliphatic hydroxyl groups excluding tert-OH is 1. The van der Waals surface area contributed by atoms with Crippen LogP contribution in [0.5, 0.6) is 0 Å². The van der Waals surface area contributed by atoms with E-state index in [4.69, 9.17) is 0 Å². The van der Waals surface area contributed by atoms with Crippen LogP contribution < -0.4 is 10.2 Å². The molecule has 0 aliphatic carbocycles. The van der Waals surface area contributed by atoms with Gasteiger partial charge in [-0.3, -0.25) is 0 Å². The average Bonchev–Trinajstić information content (AvgIpc) is 3.07. The molecule has 28 heavy (non-hydrogen) atoms. The zero-order chi connectivity index (χ0) is 17.1. The average molecular weight is 454 g/mol. The number of fused-ring (bicyclic) bond motifs is 1. The fourth-order valence-electron chi connectivity index (χ4n) is 4.08. The van der Waals surface area contributed by atoms with E-state index in [1.165, 1.54) is 19.3 Å². The molecular formula is C18H31Cl3N6O. The number of aryl methyl sites for hydroxylation is 1. The van der Waals surface area contributed by atoms with E-state index in [1.807, 2.05) is 6.33 Å². The van der Waals surface area contributed by atoms with E-state index >= 15 is 0 Å². The van der Waals surface area contributed by atoms with Gasteiger partial charge in [-0.2, -0.15) is 0 Å². The molecule has 2 aromatic heterocycles. The molecule has 2 atom stereocenters. The first kappa shape index (κ1) is 25.2. The maximum absolute atomic E-state index is 10.1. The zero-order valence-electron chi connectivity index (χ0n) is 16.0. The summed E-state index contributed by atoms with van der Waals surface area (Å²) in [5.41, 5.74) is 1.84. The highest BCUT2D eigenvalue weighted by atomic mass is 35.5. The third-order valence-electron chi connectivity index (χ3n) is 5.50. The quantitative estimate of drug-likeness (QED) is 0.724. The van der Waals surface area contributed by atoms with Gasteiger partial charge in [-0.15, -0.1) is 37.2 Å². The van der Waals surface area contributed by atoms with Gasteiger partial charge in [0.2, 0.25) is 0 Å². The molecule has 0 aromatic carbocycles. The number of halogens is 3. The number of rotatable bonds is 5. The third kappa shape index (κ3) is 5.60. The smallest absolute Gasteiger partial charge is 0.165 e. The Kier molecular flexibility index (Phi) is 10.8. The Morgan fingerprint density at radius 1 is 1.04 bits per heavy atom. The summed E-state index contributed by atoms with van der Waals surface area (Å²) >= 11 is 0. The lowest BCUT2D eigenvalue weighted by Crippen LogP contribution is -2.44. The minimum Gasteiger partial charge on any atom is -0.392 e. The molecule has 2 saturated heterocycles. The topological polar surface area (TPSA) is 79.1 Å². The molecule has 0 amide bonds. The van der Waals surface area contributed by atoms with Crippen molar-refractivity contribution in [2.24, 2.45) is 0 Å². The highest BCUT2D eigenvalue weighted by molar-refractivity contribution is 5.86. The first-order chi connectivity index (χ1) is 12.3. The monoisotopic (exact) mass is 452 g/mol. The summed E-state index contributed by atoms with van der Waals surface area (Å²) in [4.78, 5) is 15.9. The molecule has 4 heterocycles. The minimum absolute atomic E-state index is 0. The number of nitrogens with one attached hydrogen (secondary N) is 1. The molecule has 7 nitrogen and oxygen atoms in total. The van der Waals surface area contributed by atoms with E-state index < -0.39 is 0 Å². The molecule has 0 spiro atoms. The Balaban J connectivity index is 0.00000131. The van der Waals surface area contributed by atoms with Gasteiger partial charge >= 0.3 is 0 Å². The van der Waals surface area contributed by atoms with Gasteiger partial charge in [0.1, 0.15) is 6.33 Å². The van der Waals surface area contributed by atoms with Crippen molar-refractivity contribution in [1.82, 2.24) is 24.8 Å². The van der Waals surface area contributed by atoms with Gasteiger partial charge in [-0.05, 0) is 51.5 Å². The number of imidazole rings is 1. The van der Waals surface area contributed by atoms with Crippen molar-refractivity contribution in [3.05, 3.63) is 12.7 Å². The summed E-state index contributed by atoms with van der Waals surface area (Å²) in [5.74, 6) is 0.979. The van der Waals surface area contributed by atoms with E-state index in [1.54, 1.807) is 6.33 Å². The standard InChI is InChI=1S/C18H28N6O.3ClH/c25-15-7-4-8-19-14(15)6-5-11-24-13-22-16-17(20-12-21-18(16)24)23-9-2-1-3-10-23;;;/h12-15,19,25H,1-11H2;3*1H/t14-,15+;;;/m1.../s1. The van der Waals surface area contributed by atoms with Crippen LogP contribution in [0.1, 0.15) is 44.9 Å². The molecule has 0 unspecified atom stereocenters. The van der Waals surface area contributed by atoms with Crippen molar-refractivity contribution in [3.8, 4) is 0 Å². The van der Waals surface area contributed by atoms with E-state index in [0.717, 1.165) is 68.8 Å². The van der Waals surface area contributed by atoms with Crippen molar-refractivity contribution in [3.63, 3.8) is 0 Å². The van der Waals surface area contributed by atoms with Gasteiger partial charge in [0.15, 0.2) is 17.0 Å². The molecule has 10 heteroatoms. The Morgan fingerprint density at radius 2 is 1.82 bits per heavy atom. The molecule has 4 rings (SSSR count). The van der Waals surface area contributed by atoms with Crippen LogP contribution in [0.3, 0.4) is 0 Å². The first-order valence-electron chi connectivity index (χ1n) is 9.65. The Labute approximate surface area is 184 Å². The maximum atomic E-state index is 10.1. The summed E-state index contributed by atoms with van der Waals surface area (Å²) in [5, 5.41) is 13.5. The zero-order valence-corrected chi connectivity index (χ0v) is 18.4. The number of aromatic nitrogens is 4. The number of anilines is 1. The summed E-state index contributed by atoms with van der Waals surface area (Å²) in [6, 6.07) is 0.224. The van der Waals surface area contributed by atoms with Crippen molar-refractivity contribution in [1.29, 1.82) is 0 Å². The van der Waals surface area contributed by atoms with Crippen LogP contribution in [0.15, 0.2) is 12.7 Å². The molecule has 2 N–H and O–H groups in total. The summed E-state index contributed by atoms with van der Waals surface area (Å²) in [6.07, 6.45) is 11.1. The summed E-state index contributed by atoms with van der Waals surface area (Å²) in [6.45, 7) is 4.01. The highest BCUT2D eigenvalue weighted by Crippen LogP contribution is 2.24. The third-order valence-corrected chi connectivity index (χ3v) is 5.50. The SMILES string of the molecule is Cl.Cl.Cl.O[C@H]1CCCN[C@@H]1CCCn1cnc2c(N3CCCCC3)ncnc21. The van der Waals surface area contributed by atoms with E-state index in [2.05, 4.69) is 29.7 Å². The Bertz CT molecular complexity index is 710. The lowest BCUT2D eigenvalue weighted by Gasteiger charge is -2.29. The van der Waals surface area contributed by atoms with Crippen molar-refractivity contribution in [2.45, 2.75) is 63.6 Å². The van der Waals surface area contributed by atoms with Gasteiger partial charge in [-0.1, -0.05) is 0 Å². The molecule has 160 valence electrons. The largest absolute Gasteiger partial charge is 0.392 e. The lowest BCUT2D eigenvalue weighted by atomic mass is 9.97. The summed E-state index contributed by atoms with van der Waals surface area (Å²) in [7, 11) is 0. The second-order valence-corrected chi connectivity index (χ2v) is 7.27. The minimum atomic E-state index is -0.207. The van der Waals surface area contributed by atoms with Crippen LogP contribution in [-0.2, 0) is 6.54 Å². The molecule has 2 aromatic rings. The first-order valence-corrected chi connectivity index (χ1v) is 9.65. The predicted octanol–water partition coefficient (Wildman–Crippen LogP) is 2.98. The fourth-order valence-corrected chi connectivity index (χ4v) is 4.08. The molecule has 0 saturated carbocycles. The van der Waals surface area contributed by atoms with Crippen LogP contribution in [0.4, 0.5) is 5.82 Å². The predicted molar refractivity (Wildman–Crippen MR) is 119 cm³/mol. The molecule has 0 bridgehead atoms. The van der Waals surface area contributed by atoms with Gasteiger partial charge in [0, 0.05) is 25.7 Å². The highest BCUT2D eigenvalue weighted by Gasteiger charge is 2.22. The molecule has 0 radical (unpaired) electrons. The fraction of sp³-hybridized carbons (Fsp3) is 0.722. The number of piperidine rings is 2. The van der Waals surface area contributed by atoms with Crippen molar-refractivity contribution < 1.29 is 5.11 Å². The molecular weight excluding hydrogens is 423 g/mol. The Hall–Kier alpha value is -0.860. The van der Waals surface area contributed by atoms with Crippen LogP contribution in [0, 0.1) is 0 Å². The van der Waals surface area contributed by atoms with E-state index in [0.29, 0.717) is 0 Å². The van der Waals surface area contributed by atoms with Crippen LogP contribution >= 0.6 is 37.2 Å². The second kappa shape index (κ2) is 12.0. The number of hydrogen-bond acceptors (Lipinski definition) is 6. The van der Waals surface area contributed by atoms with Crippen LogP contribution in [-0.4, -0.2) is 56.4 Å². The van der Waals surface area contributed by atoms with Gasteiger partial charge in [0.05, 0.1) is 12.4 Å². The van der Waals surface area contributed by atoms with Gasteiger partial charge in [0.25, 0.3) is 0 Å². The number of hydrogen-bond donors (Lipinski definition) is 2. The number of nitrogens with zero attached hydrogens (tertiary/aromatic N) is 5. The second-order valence-electron chi connectivity index (χ2n) is 7.27. The molecule has 2 aliphatic rings. The lowest BCUT2D eigenvalue weighted by molar-refractivity contribution is 0.0909. The van der Waals surface area contributed by atoms with Crippen LogP contribution in [0.25, 0.3) is 11.2 Å². The van der Waals surface area contributed by atoms with Gasteiger partial charge < -0.3 is 19.9 Å². The normalized spacial score (nSPS) is 22.1. The van der Waals surface area contributed by atoms with Gasteiger partial charge in [-0.25, -0.2) is 15.0 Å². The van der Waals surface area contributed by atoms with Crippen LogP contribution in [0.2, 0.25) is 0 Å². The molecule has 2 aliphatic heterocycles. The van der Waals surface area contributed by atoms with E-state index in [9.17, 15) is 5.11 Å². The van der Waals surface area contributed by atoms with Crippen molar-refractivity contribution >= 4 is 54.2 Å². The molecule has 2 fully saturated rings. The van der Waals surface area contributed by atoms with Crippen molar-refractivity contribution in [2.75, 3.05) is 24.5 Å². The maximum Gasteiger partial charge on any atom is 0.165 e. The summed E-state index contributed by atoms with van der Waals surface area (Å²) < 4.78 is 2.12. The van der Waals surface area contributed by atoms with E-state index in [-0.39, 0.29) is 49.4 Å².